The average molecular weight is 269 g/mol. The van der Waals surface area contributed by atoms with E-state index in [1.807, 2.05) is 4.90 Å². The highest BCUT2D eigenvalue weighted by Gasteiger charge is 2.40. The summed E-state index contributed by atoms with van der Waals surface area (Å²) in [4.78, 5) is 26.0. The molecule has 0 radical (unpaired) electrons. The second-order valence-electron chi connectivity index (χ2n) is 5.12. The zero-order valence-corrected chi connectivity index (χ0v) is 11.5. The van der Waals surface area contributed by atoms with E-state index in [2.05, 4.69) is 10.6 Å². The molecule has 2 N–H and O–H groups in total. The van der Waals surface area contributed by atoms with Crippen molar-refractivity contribution in [2.24, 2.45) is 0 Å². The Labute approximate surface area is 113 Å². The van der Waals surface area contributed by atoms with Crippen LogP contribution in [0.4, 0.5) is 0 Å². The van der Waals surface area contributed by atoms with Crippen LogP contribution in [-0.4, -0.2) is 62.1 Å². The zero-order valence-electron chi connectivity index (χ0n) is 11.5. The molecule has 2 aliphatic heterocycles. The molecule has 2 heterocycles. The van der Waals surface area contributed by atoms with Crippen molar-refractivity contribution in [1.82, 2.24) is 15.5 Å². The summed E-state index contributed by atoms with van der Waals surface area (Å²) in [7, 11) is 1.60. The first-order valence-corrected chi connectivity index (χ1v) is 7.02. The summed E-state index contributed by atoms with van der Waals surface area (Å²) in [6, 6.07) is -0.0677. The van der Waals surface area contributed by atoms with Crippen LogP contribution in [-0.2, 0) is 14.3 Å². The molecule has 0 spiro atoms. The second-order valence-corrected chi connectivity index (χ2v) is 5.12. The van der Waals surface area contributed by atoms with E-state index in [4.69, 9.17) is 4.74 Å². The van der Waals surface area contributed by atoms with Gasteiger partial charge in [0.2, 0.25) is 11.8 Å². The van der Waals surface area contributed by atoms with Crippen LogP contribution in [0.2, 0.25) is 0 Å². The minimum Gasteiger partial charge on any atom is -0.383 e. The third-order valence-electron chi connectivity index (χ3n) is 3.87. The summed E-state index contributed by atoms with van der Waals surface area (Å²) in [5.41, 5.74) is 0. The summed E-state index contributed by atoms with van der Waals surface area (Å²) in [5.74, 6) is 0.0835. The number of carbonyl (C=O) groups excluding carboxylic acids is 2. The standard InChI is InChI=1S/C13H23N3O3/c1-19-9-8-15-13(18)11-2-3-12(17)16(11)10-4-6-14-7-5-10/h10-11,14H,2-9H2,1H3,(H,15,18)/t11-/m1/s1. The van der Waals surface area contributed by atoms with Crippen molar-refractivity contribution in [2.75, 3.05) is 33.4 Å². The highest BCUT2D eigenvalue weighted by Crippen LogP contribution is 2.25. The van der Waals surface area contributed by atoms with Gasteiger partial charge >= 0.3 is 0 Å². The van der Waals surface area contributed by atoms with E-state index in [9.17, 15) is 9.59 Å². The van der Waals surface area contributed by atoms with E-state index in [0.717, 1.165) is 25.9 Å². The topological polar surface area (TPSA) is 70.7 Å². The molecule has 0 aromatic heterocycles. The van der Waals surface area contributed by atoms with Gasteiger partial charge in [0.05, 0.1) is 6.61 Å². The summed E-state index contributed by atoms with van der Waals surface area (Å²) in [6.07, 6.45) is 3.01. The van der Waals surface area contributed by atoms with Crippen molar-refractivity contribution in [2.45, 2.75) is 37.8 Å². The predicted molar refractivity (Wildman–Crippen MR) is 70.6 cm³/mol. The van der Waals surface area contributed by atoms with Gasteiger partial charge in [0.15, 0.2) is 0 Å². The Bertz CT molecular complexity index is 329. The average Bonchev–Trinajstić information content (AvgIpc) is 2.82. The van der Waals surface area contributed by atoms with Gasteiger partial charge < -0.3 is 20.3 Å². The quantitative estimate of drug-likeness (QED) is 0.660. The Morgan fingerprint density at radius 2 is 2.16 bits per heavy atom. The van der Waals surface area contributed by atoms with Crippen LogP contribution in [0.1, 0.15) is 25.7 Å². The van der Waals surface area contributed by atoms with Gasteiger partial charge in [-0.15, -0.1) is 0 Å². The molecule has 2 fully saturated rings. The molecule has 6 heteroatoms. The van der Waals surface area contributed by atoms with Crippen LogP contribution in [0, 0.1) is 0 Å². The normalized spacial score (nSPS) is 24.8. The first-order chi connectivity index (χ1) is 9.24. The van der Waals surface area contributed by atoms with Crippen LogP contribution in [0.15, 0.2) is 0 Å². The Balaban J connectivity index is 1.94. The van der Waals surface area contributed by atoms with Gasteiger partial charge in [-0.05, 0) is 32.4 Å². The number of likely N-dealkylation sites (tertiary alicyclic amines) is 1. The lowest BCUT2D eigenvalue weighted by atomic mass is 10.0. The number of hydrogen-bond donors (Lipinski definition) is 2. The second kappa shape index (κ2) is 6.86. The monoisotopic (exact) mass is 269 g/mol. The van der Waals surface area contributed by atoms with Crippen LogP contribution >= 0.6 is 0 Å². The molecule has 2 rings (SSSR count). The van der Waals surface area contributed by atoms with Crippen LogP contribution < -0.4 is 10.6 Å². The molecule has 0 saturated carbocycles. The van der Waals surface area contributed by atoms with E-state index in [1.165, 1.54) is 0 Å². The molecule has 2 aliphatic rings. The van der Waals surface area contributed by atoms with Gasteiger partial charge in [-0.25, -0.2) is 0 Å². The van der Waals surface area contributed by atoms with Gasteiger partial charge in [-0.1, -0.05) is 0 Å². The van der Waals surface area contributed by atoms with E-state index < -0.39 is 0 Å². The lowest BCUT2D eigenvalue weighted by molar-refractivity contribution is -0.138. The maximum Gasteiger partial charge on any atom is 0.242 e. The molecular formula is C13H23N3O3. The molecule has 0 aromatic rings. The fourth-order valence-corrected chi connectivity index (χ4v) is 2.90. The molecule has 2 saturated heterocycles. The van der Waals surface area contributed by atoms with Crippen molar-refractivity contribution in [1.29, 1.82) is 0 Å². The third kappa shape index (κ3) is 3.45. The van der Waals surface area contributed by atoms with Crippen molar-refractivity contribution in [3.8, 4) is 0 Å². The van der Waals surface area contributed by atoms with Crippen LogP contribution in [0.3, 0.4) is 0 Å². The van der Waals surface area contributed by atoms with Crippen molar-refractivity contribution >= 4 is 11.8 Å². The fraction of sp³-hybridized carbons (Fsp3) is 0.846. The summed E-state index contributed by atoms with van der Waals surface area (Å²) < 4.78 is 4.92. The molecule has 0 aliphatic carbocycles. The number of ether oxygens (including phenoxy) is 1. The molecule has 108 valence electrons. The Morgan fingerprint density at radius 3 is 2.84 bits per heavy atom. The van der Waals surface area contributed by atoms with Crippen molar-refractivity contribution < 1.29 is 14.3 Å². The highest BCUT2D eigenvalue weighted by molar-refractivity contribution is 5.91. The van der Waals surface area contributed by atoms with Gasteiger partial charge in [-0.2, -0.15) is 0 Å². The Hall–Kier alpha value is -1.14. The predicted octanol–water partition coefficient (Wildman–Crippen LogP) is -0.508. The SMILES string of the molecule is COCCNC(=O)[C@H]1CCC(=O)N1C1CCNCC1. The molecule has 0 aromatic carbocycles. The minimum atomic E-state index is -0.285. The number of amides is 2. The van der Waals surface area contributed by atoms with E-state index >= 15 is 0 Å². The van der Waals surface area contributed by atoms with E-state index in [1.54, 1.807) is 7.11 Å². The molecule has 0 bridgehead atoms. The molecule has 1 atom stereocenters. The lowest BCUT2D eigenvalue weighted by Crippen LogP contribution is -2.52. The van der Waals surface area contributed by atoms with E-state index in [-0.39, 0.29) is 23.9 Å². The number of nitrogens with one attached hydrogen (secondary N) is 2. The van der Waals surface area contributed by atoms with Crippen molar-refractivity contribution in [3.63, 3.8) is 0 Å². The molecule has 2 amide bonds. The van der Waals surface area contributed by atoms with Crippen LogP contribution in [0.5, 0.6) is 0 Å². The molecule has 6 nitrogen and oxygen atoms in total. The number of nitrogens with zero attached hydrogens (tertiary/aromatic N) is 1. The maximum atomic E-state index is 12.1. The van der Waals surface area contributed by atoms with E-state index in [0.29, 0.717) is 26.0 Å². The minimum absolute atomic E-state index is 0.0403. The largest absolute Gasteiger partial charge is 0.383 e. The van der Waals surface area contributed by atoms with Crippen molar-refractivity contribution in [3.05, 3.63) is 0 Å². The highest BCUT2D eigenvalue weighted by atomic mass is 16.5. The van der Waals surface area contributed by atoms with Gasteiger partial charge in [0, 0.05) is 26.1 Å². The third-order valence-corrected chi connectivity index (χ3v) is 3.87. The van der Waals surface area contributed by atoms with Crippen LogP contribution in [0.25, 0.3) is 0 Å². The summed E-state index contributed by atoms with van der Waals surface area (Å²) in [6.45, 7) is 2.85. The van der Waals surface area contributed by atoms with Gasteiger partial charge in [0.1, 0.15) is 6.04 Å². The summed E-state index contributed by atoms with van der Waals surface area (Å²) >= 11 is 0. The zero-order chi connectivity index (χ0) is 13.7. The number of hydrogen-bond acceptors (Lipinski definition) is 4. The molecule has 19 heavy (non-hydrogen) atoms. The molecule has 0 unspecified atom stereocenters. The molecular weight excluding hydrogens is 246 g/mol. The van der Waals surface area contributed by atoms with Gasteiger partial charge in [-0.3, -0.25) is 9.59 Å². The maximum absolute atomic E-state index is 12.1. The first-order valence-electron chi connectivity index (χ1n) is 7.02. The lowest BCUT2D eigenvalue weighted by Gasteiger charge is -2.35. The number of carbonyl (C=O) groups is 2. The number of rotatable bonds is 5. The summed E-state index contributed by atoms with van der Waals surface area (Å²) in [5, 5.41) is 6.13. The number of piperidine rings is 1. The first kappa shape index (κ1) is 14.3. The Kier molecular flexibility index (Phi) is 5.15. The van der Waals surface area contributed by atoms with Gasteiger partial charge in [0.25, 0.3) is 0 Å². The number of methoxy groups -OCH3 is 1. The fourth-order valence-electron chi connectivity index (χ4n) is 2.90. The Morgan fingerprint density at radius 1 is 1.42 bits per heavy atom. The smallest absolute Gasteiger partial charge is 0.242 e.